The minimum atomic E-state index is -0.266. The normalized spacial score (nSPS) is 32.6. The van der Waals surface area contributed by atoms with E-state index >= 15 is 0 Å². The van der Waals surface area contributed by atoms with Crippen LogP contribution in [0.3, 0.4) is 0 Å². The lowest BCUT2D eigenvalue weighted by atomic mass is 9.84. The Kier molecular flexibility index (Phi) is 2.69. The lowest BCUT2D eigenvalue weighted by Crippen LogP contribution is -2.60. The summed E-state index contributed by atoms with van der Waals surface area (Å²) in [6, 6.07) is 8.58. The quantitative estimate of drug-likeness (QED) is 0.776. The Morgan fingerprint density at radius 2 is 1.89 bits per heavy atom. The molecule has 0 bridgehead atoms. The lowest BCUT2D eigenvalue weighted by Gasteiger charge is -2.49. The molecule has 1 aromatic carbocycles. The van der Waals surface area contributed by atoms with Crippen LogP contribution in [0, 0.1) is 0 Å². The van der Waals surface area contributed by atoms with Crippen LogP contribution in [0.25, 0.3) is 0 Å². The number of ether oxygens (including phenoxy) is 2. The summed E-state index contributed by atoms with van der Waals surface area (Å²) in [7, 11) is 0. The summed E-state index contributed by atoms with van der Waals surface area (Å²) in [5.74, 6) is 0. The Bertz CT molecular complexity index is 481. The first-order chi connectivity index (χ1) is 9.32. The number of rotatable bonds is 0. The van der Waals surface area contributed by atoms with Gasteiger partial charge in [0.25, 0.3) is 0 Å². The number of nitrogens with one attached hydrogen (secondary N) is 1. The van der Waals surface area contributed by atoms with Crippen LogP contribution in [0.2, 0.25) is 0 Å². The van der Waals surface area contributed by atoms with Gasteiger partial charge in [0.2, 0.25) is 0 Å². The maximum Gasteiger partial charge on any atom is 0.130 e. The third kappa shape index (κ3) is 1.83. The number of fused-ring (bicyclic) bond motifs is 2. The van der Waals surface area contributed by atoms with E-state index in [1.807, 2.05) is 0 Å². The highest BCUT2D eigenvalue weighted by atomic mass is 16.6. The molecule has 3 nitrogen and oxygen atoms in total. The van der Waals surface area contributed by atoms with Gasteiger partial charge in [-0.15, -0.1) is 0 Å². The summed E-state index contributed by atoms with van der Waals surface area (Å²) in [5.41, 5.74) is 2.40. The van der Waals surface area contributed by atoms with Crippen LogP contribution >= 0.6 is 0 Å². The molecule has 1 N–H and O–H groups in total. The summed E-state index contributed by atoms with van der Waals surface area (Å²) in [6.45, 7) is 3.26. The number of benzene rings is 1. The van der Waals surface area contributed by atoms with Gasteiger partial charge >= 0.3 is 0 Å². The molecule has 0 amide bonds. The Balaban J connectivity index is 1.74. The van der Waals surface area contributed by atoms with Crippen molar-refractivity contribution in [1.82, 2.24) is 5.32 Å². The van der Waals surface area contributed by atoms with Gasteiger partial charge in [-0.1, -0.05) is 37.1 Å². The maximum atomic E-state index is 6.70. The van der Waals surface area contributed by atoms with Crippen LogP contribution in [0.15, 0.2) is 24.3 Å². The van der Waals surface area contributed by atoms with E-state index in [1.54, 1.807) is 0 Å². The molecule has 3 heteroatoms. The highest BCUT2D eigenvalue weighted by molar-refractivity contribution is 5.35. The van der Waals surface area contributed by atoms with Gasteiger partial charge in [0, 0.05) is 13.1 Å². The molecule has 0 radical (unpaired) electrons. The molecule has 2 fully saturated rings. The van der Waals surface area contributed by atoms with E-state index in [9.17, 15) is 0 Å². The molecular weight excluding hydrogens is 238 g/mol. The van der Waals surface area contributed by atoms with Crippen molar-refractivity contribution in [3.8, 4) is 0 Å². The maximum absolute atomic E-state index is 6.70. The fraction of sp³-hybridized carbons (Fsp3) is 0.625. The fourth-order valence-corrected chi connectivity index (χ4v) is 4.00. The molecule has 1 aromatic rings. The molecule has 2 aliphatic heterocycles. The minimum Gasteiger partial charge on any atom is -0.373 e. The minimum absolute atomic E-state index is 0.0477. The van der Waals surface area contributed by atoms with Crippen LogP contribution in [0.1, 0.15) is 36.8 Å². The van der Waals surface area contributed by atoms with E-state index in [0.717, 1.165) is 13.1 Å². The molecule has 2 heterocycles. The van der Waals surface area contributed by atoms with E-state index in [-0.39, 0.29) is 11.2 Å². The Morgan fingerprint density at radius 1 is 1.05 bits per heavy atom. The van der Waals surface area contributed by atoms with Crippen molar-refractivity contribution < 1.29 is 9.47 Å². The van der Waals surface area contributed by atoms with E-state index < -0.39 is 0 Å². The molecule has 1 aliphatic carbocycles. The van der Waals surface area contributed by atoms with Gasteiger partial charge in [0.1, 0.15) is 5.60 Å². The van der Waals surface area contributed by atoms with Crippen molar-refractivity contribution in [2.24, 2.45) is 0 Å². The zero-order valence-electron chi connectivity index (χ0n) is 11.3. The highest BCUT2D eigenvalue weighted by Crippen LogP contribution is 2.44. The molecule has 19 heavy (non-hydrogen) atoms. The summed E-state index contributed by atoms with van der Waals surface area (Å²) < 4.78 is 12.5. The molecule has 1 atom stereocenters. The van der Waals surface area contributed by atoms with Gasteiger partial charge < -0.3 is 14.8 Å². The van der Waals surface area contributed by atoms with E-state index in [0.29, 0.717) is 13.2 Å². The lowest BCUT2D eigenvalue weighted by molar-refractivity contribution is -0.213. The zero-order valence-corrected chi connectivity index (χ0v) is 11.3. The van der Waals surface area contributed by atoms with Crippen LogP contribution in [0.5, 0.6) is 0 Å². The summed E-state index contributed by atoms with van der Waals surface area (Å²) in [6.07, 6.45) is 4.95. The molecule has 1 unspecified atom stereocenters. The molecule has 1 saturated heterocycles. The van der Waals surface area contributed by atoms with Crippen molar-refractivity contribution in [2.45, 2.75) is 43.5 Å². The van der Waals surface area contributed by atoms with Gasteiger partial charge in [0.15, 0.2) is 0 Å². The van der Waals surface area contributed by atoms with E-state index in [4.69, 9.17) is 9.47 Å². The number of hydrogen-bond donors (Lipinski definition) is 1. The first-order valence-corrected chi connectivity index (χ1v) is 7.39. The molecule has 102 valence electrons. The number of morpholine rings is 1. The van der Waals surface area contributed by atoms with Crippen molar-refractivity contribution in [3.63, 3.8) is 0 Å². The molecular formula is C16H21NO2. The predicted molar refractivity (Wildman–Crippen MR) is 72.9 cm³/mol. The smallest absolute Gasteiger partial charge is 0.130 e. The third-order valence-corrected chi connectivity index (χ3v) is 4.89. The molecule has 1 saturated carbocycles. The monoisotopic (exact) mass is 259 g/mol. The molecule has 2 spiro atoms. The Hall–Kier alpha value is -0.900. The topological polar surface area (TPSA) is 30.5 Å². The van der Waals surface area contributed by atoms with Crippen LogP contribution in [-0.4, -0.2) is 25.3 Å². The first kappa shape index (κ1) is 11.9. The second-order valence-corrected chi connectivity index (χ2v) is 6.24. The van der Waals surface area contributed by atoms with E-state index in [1.165, 1.54) is 36.8 Å². The first-order valence-electron chi connectivity index (χ1n) is 7.39. The van der Waals surface area contributed by atoms with E-state index in [2.05, 4.69) is 29.6 Å². The van der Waals surface area contributed by atoms with Gasteiger partial charge in [0.05, 0.1) is 18.8 Å². The third-order valence-electron chi connectivity index (χ3n) is 4.89. The number of hydrogen-bond acceptors (Lipinski definition) is 3. The second-order valence-electron chi connectivity index (χ2n) is 6.24. The fourth-order valence-electron chi connectivity index (χ4n) is 4.00. The molecule has 3 aliphatic rings. The average Bonchev–Trinajstić information content (AvgIpc) is 2.87. The van der Waals surface area contributed by atoms with Crippen LogP contribution < -0.4 is 5.32 Å². The second kappa shape index (κ2) is 4.30. The molecule has 4 rings (SSSR count). The van der Waals surface area contributed by atoms with Crippen molar-refractivity contribution in [3.05, 3.63) is 35.4 Å². The van der Waals surface area contributed by atoms with Gasteiger partial charge in [-0.2, -0.15) is 0 Å². The summed E-state index contributed by atoms with van der Waals surface area (Å²) >= 11 is 0. The molecule has 0 aromatic heterocycles. The zero-order chi connectivity index (χ0) is 12.8. The van der Waals surface area contributed by atoms with Gasteiger partial charge in [-0.3, -0.25) is 0 Å². The standard InChI is InChI=1S/C16H21NO2/c1-2-6-14-13(5-1)9-18-12-16(14)11-17-10-15(19-16)7-3-4-8-15/h1-2,5-6,17H,3-4,7-12H2. The van der Waals surface area contributed by atoms with Crippen molar-refractivity contribution in [2.75, 3.05) is 19.7 Å². The summed E-state index contributed by atoms with van der Waals surface area (Å²) in [4.78, 5) is 0. The van der Waals surface area contributed by atoms with Gasteiger partial charge in [-0.05, 0) is 24.0 Å². The summed E-state index contributed by atoms with van der Waals surface area (Å²) in [5, 5.41) is 3.61. The highest BCUT2D eigenvalue weighted by Gasteiger charge is 2.49. The Morgan fingerprint density at radius 3 is 2.79 bits per heavy atom. The SMILES string of the molecule is c1ccc2c(c1)COCC21CNCC2(CCCC2)O1. The van der Waals surface area contributed by atoms with Crippen molar-refractivity contribution in [1.29, 1.82) is 0 Å². The predicted octanol–water partition coefficient (Wildman–Crippen LogP) is 2.34. The van der Waals surface area contributed by atoms with Crippen molar-refractivity contribution >= 4 is 0 Å². The van der Waals surface area contributed by atoms with Crippen LogP contribution in [-0.2, 0) is 21.7 Å². The van der Waals surface area contributed by atoms with Gasteiger partial charge in [-0.25, -0.2) is 0 Å². The average molecular weight is 259 g/mol. The van der Waals surface area contributed by atoms with Crippen LogP contribution in [0.4, 0.5) is 0 Å². The Labute approximate surface area is 114 Å². The largest absolute Gasteiger partial charge is 0.373 e.